The first-order valence-electron chi connectivity index (χ1n) is 8.74. The molecule has 0 bridgehead atoms. The summed E-state index contributed by atoms with van der Waals surface area (Å²) < 4.78 is 0. The maximum atomic E-state index is 12.2. The van der Waals surface area contributed by atoms with Gasteiger partial charge in [-0.05, 0) is 26.3 Å². The highest BCUT2D eigenvalue weighted by Gasteiger charge is 2.28. The van der Waals surface area contributed by atoms with Gasteiger partial charge in [-0.3, -0.25) is 10.4 Å². The number of aromatic nitrogens is 3. The van der Waals surface area contributed by atoms with Crippen LogP contribution in [0.4, 0.5) is 16.4 Å². The molecule has 2 aromatic heterocycles. The van der Waals surface area contributed by atoms with Gasteiger partial charge in [0.05, 0.1) is 16.9 Å². The van der Waals surface area contributed by atoms with Crippen LogP contribution < -0.4 is 16.0 Å². The first kappa shape index (κ1) is 19.2. The third-order valence-electron chi connectivity index (χ3n) is 4.30. The van der Waals surface area contributed by atoms with E-state index in [1.807, 2.05) is 37.3 Å². The Balaban J connectivity index is 1.69. The second-order valence-corrected chi connectivity index (χ2v) is 6.97. The van der Waals surface area contributed by atoms with E-state index in [2.05, 4.69) is 31.1 Å². The standard InChI is InChI=1S/C19H22N6O3/c1-11(12-7-5-4-6-8-12)21-18(28)22-15-9-14-13(10-20-15)16(25-24-14)23-19(2,3)17(26)27/h4-11H,1-3H3,(H,26,27)(H2,23,24,25)(H2,20,21,22,28)/t11-/m1/s1. The predicted octanol–water partition coefficient (Wildman–Crippen LogP) is 3.12. The molecule has 0 aliphatic carbocycles. The number of nitrogens with one attached hydrogen (secondary N) is 4. The summed E-state index contributed by atoms with van der Waals surface area (Å²) in [6.45, 7) is 4.97. The Hall–Kier alpha value is -3.62. The van der Waals surface area contributed by atoms with Gasteiger partial charge in [-0.15, -0.1) is 0 Å². The van der Waals surface area contributed by atoms with E-state index in [4.69, 9.17) is 0 Å². The summed E-state index contributed by atoms with van der Waals surface area (Å²) >= 11 is 0. The number of carboxylic acid groups (broad SMARTS) is 1. The molecule has 0 radical (unpaired) electrons. The molecule has 1 atom stereocenters. The molecule has 1 aromatic carbocycles. The van der Waals surface area contributed by atoms with Crippen LogP contribution in [0.3, 0.4) is 0 Å². The van der Waals surface area contributed by atoms with Crippen LogP contribution in [0.15, 0.2) is 42.6 Å². The fourth-order valence-electron chi connectivity index (χ4n) is 2.60. The van der Waals surface area contributed by atoms with Crippen molar-refractivity contribution < 1.29 is 14.7 Å². The van der Waals surface area contributed by atoms with E-state index in [0.29, 0.717) is 22.5 Å². The van der Waals surface area contributed by atoms with Crippen molar-refractivity contribution in [3.63, 3.8) is 0 Å². The molecular formula is C19H22N6O3. The Bertz CT molecular complexity index is 999. The van der Waals surface area contributed by atoms with Gasteiger partial charge in [0.1, 0.15) is 11.4 Å². The van der Waals surface area contributed by atoms with Gasteiger partial charge in [0.2, 0.25) is 0 Å². The van der Waals surface area contributed by atoms with E-state index in [1.165, 1.54) is 20.0 Å². The molecule has 3 aromatic rings. The van der Waals surface area contributed by atoms with Gasteiger partial charge in [0, 0.05) is 12.3 Å². The van der Waals surface area contributed by atoms with Crippen molar-refractivity contribution in [2.24, 2.45) is 0 Å². The van der Waals surface area contributed by atoms with Crippen LogP contribution in [0.2, 0.25) is 0 Å². The van der Waals surface area contributed by atoms with E-state index < -0.39 is 11.5 Å². The molecule has 5 N–H and O–H groups in total. The molecule has 0 spiro atoms. The number of amides is 2. The van der Waals surface area contributed by atoms with Gasteiger partial charge >= 0.3 is 12.0 Å². The molecule has 0 aliphatic rings. The molecular weight excluding hydrogens is 360 g/mol. The van der Waals surface area contributed by atoms with Crippen LogP contribution in [0.1, 0.15) is 32.4 Å². The molecule has 0 saturated heterocycles. The summed E-state index contributed by atoms with van der Waals surface area (Å²) in [5, 5.41) is 25.2. The number of carboxylic acids is 1. The van der Waals surface area contributed by atoms with Crippen LogP contribution in [-0.4, -0.2) is 37.8 Å². The van der Waals surface area contributed by atoms with Crippen molar-refractivity contribution in [2.75, 3.05) is 10.6 Å². The average Bonchev–Trinajstić information content (AvgIpc) is 3.03. The Morgan fingerprint density at radius 3 is 2.61 bits per heavy atom. The lowest BCUT2D eigenvalue weighted by Crippen LogP contribution is -2.40. The first-order valence-corrected chi connectivity index (χ1v) is 8.74. The normalized spacial score (nSPS) is 12.4. The monoisotopic (exact) mass is 382 g/mol. The lowest BCUT2D eigenvalue weighted by Gasteiger charge is -2.20. The summed E-state index contributed by atoms with van der Waals surface area (Å²) in [7, 11) is 0. The third kappa shape index (κ3) is 4.20. The summed E-state index contributed by atoms with van der Waals surface area (Å²) in [5.74, 6) is -0.277. The molecule has 9 nitrogen and oxygen atoms in total. The minimum absolute atomic E-state index is 0.161. The van der Waals surface area contributed by atoms with Crippen molar-refractivity contribution in [2.45, 2.75) is 32.4 Å². The number of hydrogen-bond donors (Lipinski definition) is 5. The number of pyridine rings is 1. The maximum Gasteiger partial charge on any atom is 0.328 e. The highest BCUT2D eigenvalue weighted by molar-refractivity contribution is 5.95. The molecule has 2 heterocycles. The number of hydrogen-bond acceptors (Lipinski definition) is 5. The molecule has 28 heavy (non-hydrogen) atoms. The first-order chi connectivity index (χ1) is 13.3. The van der Waals surface area contributed by atoms with Crippen molar-refractivity contribution in [3.05, 3.63) is 48.2 Å². The lowest BCUT2D eigenvalue weighted by molar-refractivity contribution is -0.141. The van der Waals surface area contributed by atoms with E-state index >= 15 is 0 Å². The van der Waals surface area contributed by atoms with Crippen molar-refractivity contribution >= 4 is 34.5 Å². The number of anilines is 2. The molecule has 2 amide bonds. The molecule has 0 aliphatic heterocycles. The Kier molecular flexibility index (Phi) is 5.16. The van der Waals surface area contributed by atoms with Gasteiger partial charge in [-0.25, -0.2) is 14.6 Å². The highest BCUT2D eigenvalue weighted by atomic mass is 16.4. The number of benzene rings is 1. The van der Waals surface area contributed by atoms with Gasteiger partial charge in [-0.1, -0.05) is 30.3 Å². The van der Waals surface area contributed by atoms with E-state index in [1.54, 1.807) is 6.07 Å². The maximum absolute atomic E-state index is 12.2. The van der Waals surface area contributed by atoms with Crippen molar-refractivity contribution in [1.29, 1.82) is 0 Å². The van der Waals surface area contributed by atoms with Gasteiger partial charge < -0.3 is 15.7 Å². The quantitative estimate of drug-likeness (QED) is 0.445. The number of H-pyrrole nitrogens is 1. The molecule has 9 heteroatoms. The van der Waals surface area contributed by atoms with Gasteiger partial charge in [0.25, 0.3) is 0 Å². The number of nitrogens with zero attached hydrogens (tertiary/aromatic N) is 2. The number of carbonyl (C=O) groups is 2. The second-order valence-electron chi connectivity index (χ2n) is 6.97. The SMILES string of the molecule is C[C@@H](NC(=O)Nc1cc2[nH]nc(NC(C)(C)C(=O)O)c2cn1)c1ccccc1. The zero-order valence-corrected chi connectivity index (χ0v) is 15.8. The summed E-state index contributed by atoms with van der Waals surface area (Å²) in [6, 6.07) is 10.7. The smallest absolute Gasteiger partial charge is 0.328 e. The largest absolute Gasteiger partial charge is 0.480 e. The minimum atomic E-state index is -1.19. The van der Waals surface area contributed by atoms with Crippen molar-refractivity contribution in [3.8, 4) is 0 Å². The van der Waals surface area contributed by atoms with Crippen LogP contribution in [0.25, 0.3) is 10.9 Å². The molecule has 0 fully saturated rings. The van der Waals surface area contributed by atoms with Crippen LogP contribution >= 0.6 is 0 Å². The van der Waals surface area contributed by atoms with Crippen LogP contribution in [0, 0.1) is 0 Å². The molecule has 3 rings (SSSR count). The van der Waals surface area contributed by atoms with Crippen molar-refractivity contribution in [1.82, 2.24) is 20.5 Å². The van der Waals surface area contributed by atoms with Crippen LogP contribution in [0.5, 0.6) is 0 Å². The lowest BCUT2D eigenvalue weighted by atomic mass is 10.1. The topological polar surface area (TPSA) is 132 Å². The number of aromatic amines is 1. The number of fused-ring (bicyclic) bond motifs is 1. The third-order valence-corrected chi connectivity index (χ3v) is 4.30. The average molecular weight is 382 g/mol. The Morgan fingerprint density at radius 2 is 1.93 bits per heavy atom. The second kappa shape index (κ2) is 7.55. The van der Waals surface area contributed by atoms with Gasteiger partial charge in [0.15, 0.2) is 5.82 Å². The summed E-state index contributed by atoms with van der Waals surface area (Å²) in [5.41, 5.74) is 0.420. The summed E-state index contributed by atoms with van der Waals surface area (Å²) in [4.78, 5) is 27.7. The number of rotatable bonds is 6. The Morgan fingerprint density at radius 1 is 1.21 bits per heavy atom. The fraction of sp³-hybridized carbons (Fsp3) is 0.263. The zero-order valence-electron chi connectivity index (χ0n) is 15.8. The fourth-order valence-corrected chi connectivity index (χ4v) is 2.60. The molecule has 146 valence electrons. The highest BCUT2D eigenvalue weighted by Crippen LogP contribution is 2.24. The molecule has 0 unspecified atom stereocenters. The zero-order chi connectivity index (χ0) is 20.3. The minimum Gasteiger partial charge on any atom is -0.480 e. The number of aliphatic carboxylic acids is 1. The Labute approximate surface area is 161 Å². The number of urea groups is 1. The predicted molar refractivity (Wildman–Crippen MR) is 106 cm³/mol. The number of carbonyl (C=O) groups excluding carboxylic acids is 1. The van der Waals surface area contributed by atoms with E-state index in [0.717, 1.165) is 5.56 Å². The van der Waals surface area contributed by atoms with E-state index in [9.17, 15) is 14.7 Å². The summed E-state index contributed by atoms with van der Waals surface area (Å²) in [6.07, 6.45) is 1.52. The van der Waals surface area contributed by atoms with Gasteiger partial charge in [-0.2, -0.15) is 5.10 Å². The van der Waals surface area contributed by atoms with E-state index in [-0.39, 0.29) is 12.1 Å². The van der Waals surface area contributed by atoms with Crippen LogP contribution in [-0.2, 0) is 4.79 Å². The molecule has 0 saturated carbocycles.